The smallest absolute Gasteiger partial charge is 0.333 e. The minimum atomic E-state index is -1.70. The van der Waals surface area contributed by atoms with Gasteiger partial charge in [0, 0.05) is 12.0 Å². The van der Waals surface area contributed by atoms with Crippen molar-refractivity contribution in [3.05, 3.63) is 47.6 Å². The van der Waals surface area contributed by atoms with E-state index in [0.29, 0.717) is 24.3 Å². The molecule has 8 nitrogen and oxygen atoms in total. The molecule has 0 aliphatic carbocycles. The fourth-order valence-electron chi connectivity index (χ4n) is 5.17. The van der Waals surface area contributed by atoms with Crippen molar-refractivity contribution in [2.75, 3.05) is 6.61 Å². The number of allylic oxidation sites excluding steroid dienone is 5. The lowest BCUT2D eigenvalue weighted by atomic mass is 9.88. The summed E-state index contributed by atoms with van der Waals surface area (Å²) in [5.41, 5.74) is 2.47. The maximum Gasteiger partial charge on any atom is 0.333 e. The van der Waals surface area contributed by atoms with Crippen molar-refractivity contribution in [3.8, 4) is 0 Å². The lowest BCUT2D eigenvalue weighted by molar-refractivity contribution is -0.149. The SMILES string of the molecule is C=C1/C=C(\C)[C@H](C)C[C@@H](O)CC(=O)[C@H](O)[C@@H](O)[C@H](C)C[C@H](CO)OC(=O)/C(C)=C/CC/C=C/[C@@H]2O[C@H]2C[C@H](C)C1. The number of cyclic esters (lactones) is 1. The number of fused-ring (bicyclic) bond motifs is 1. The standard InChI is InChI=1S/C32H50O8/c1-19-12-20(2)14-29-28(40-29)11-9-7-8-10-21(3)32(38)39-26(18-33)16-24(6)30(36)31(37)27(35)17-25(34)15-23(5)22(4)13-19/h9-11,13,20,23-26,28-31,33-34,36-37H,1,7-8,12,14-18H2,2-6H3/b11-9+,21-10+,22-13+/t20-,23-,24-,25-,26-,28+,29+,30+,31+/m1/s1. The molecule has 0 spiro atoms. The topological polar surface area (TPSA) is 137 Å². The Hall–Kier alpha value is -2.10. The zero-order valence-electron chi connectivity index (χ0n) is 24.8. The van der Waals surface area contributed by atoms with Crippen LogP contribution in [0.5, 0.6) is 0 Å². The number of rotatable bonds is 1. The number of Topliss-reactive ketones (excluding diaryl/α,β-unsaturated/α-hetero) is 1. The van der Waals surface area contributed by atoms with Crippen molar-refractivity contribution in [2.24, 2.45) is 17.8 Å². The average Bonchev–Trinajstić information content (AvgIpc) is 3.62. The number of epoxide rings is 1. The van der Waals surface area contributed by atoms with Gasteiger partial charge >= 0.3 is 5.97 Å². The molecule has 0 aromatic heterocycles. The van der Waals surface area contributed by atoms with Gasteiger partial charge in [0.05, 0.1) is 24.9 Å². The average molecular weight is 563 g/mol. The Bertz CT molecular complexity index is 951. The Morgan fingerprint density at radius 2 is 1.70 bits per heavy atom. The first-order valence-corrected chi connectivity index (χ1v) is 14.6. The second-order valence-electron chi connectivity index (χ2n) is 11.9. The monoisotopic (exact) mass is 562 g/mol. The highest BCUT2D eigenvalue weighted by Gasteiger charge is 2.37. The molecule has 0 amide bonds. The number of aliphatic hydroxyl groups excluding tert-OH is 4. The van der Waals surface area contributed by atoms with Crippen molar-refractivity contribution in [1.29, 1.82) is 0 Å². The molecule has 0 aromatic rings. The maximum atomic E-state index is 12.6. The van der Waals surface area contributed by atoms with Crippen molar-refractivity contribution in [2.45, 2.75) is 116 Å². The lowest BCUT2D eigenvalue weighted by Gasteiger charge is -2.27. The molecule has 9 atom stereocenters. The van der Waals surface area contributed by atoms with E-state index in [2.05, 4.69) is 25.7 Å². The van der Waals surface area contributed by atoms with Gasteiger partial charge in [0.15, 0.2) is 5.78 Å². The van der Waals surface area contributed by atoms with E-state index in [0.717, 1.165) is 30.4 Å². The van der Waals surface area contributed by atoms with Gasteiger partial charge in [-0.2, -0.15) is 0 Å². The van der Waals surface area contributed by atoms with E-state index >= 15 is 0 Å². The minimum Gasteiger partial charge on any atom is -0.457 e. The third-order valence-corrected chi connectivity index (χ3v) is 7.92. The molecule has 2 rings (SSSR count). The van der Waals surface area contributed by atoms with Crippen LogP contribution in [0.1, 0.15) is 79.6 Å². The molecule has 1 saturated heterocycles. The second-order valence-corrected chi connectivity index (χ2v) is 11.9. The zero-order chi connectivity index (χ0) is 30.0. The van der Waals surface area contributed by atoms with E-state index in [1.807, 2.05) is 19.9 Å². The highest BCUT2D eigenvalue weighted by molar-refractivity contribution is 5.87. The molecule has 0 bridgehead atoms. The molecule has 226 valence electrons. The van der Waals surface area contributed by atoms with Crippen LogP contribution >= 0.6 is 0 Å². The summed E-state index contributed by atoms with van der Waals surface area (Å²) in [7, 11) is 0. The third kappa shape index (κ3) is 11.4. The number of hydrogen-bond acceptors (Lipinski definition) is 8. The van der Waals surface area contributed by atoms with Crippen LogP contribution in [0.2, 0.25) is 0 Å². The highest BCUT2D eigenvalue weighted by atomic mass is 16.6. The van der Waals surface area contributed by atoms with Crippen LogP contribution in [0.25, 0.3) is 0 Å². The summed E-state index contributed by atoms with van der Waals surface area (Å²) in [6.45, 7) is 13.1. The van der Waals surface area contributed by atoms with Gasteiger partial charge < -0.3 is 29.9 Å². The number of aliphatic hydroxyl groups is 4. The van der Waals surface area contributed by atoms with Crippen LogP contribution in [0, 0.1) is 17.8 Å². The van der Waals surface area contributed by atoms with E-state index in [4.69, 9.17) is 9.47 Å². The first-order chi connectivity index (χ1) is 18.8. The second kappa shape index (κ2) is 16.4. The summed E-state index contributed by atoms with van der Waals surface area (Å²) >= 11 is 0. The van der Waals surface area contributed by atoms with Crippen molar-refractivity contribution >= 4 is 11.8 Å². The summed E-state index contributed by atoms with van der Waals surface area (Å²) in [6.07, 6.45) is 6.52. The highest BCUT2D eigenvalue weighted by Crippen LogP contribution is 2.32. The van der Waals surface area contributed by atoms with Crippen molar-refractivity contribution < 1.29 is 39.5 Å². The third-order valence-electron chi connectivity index (χ3n) is 7.92. The Morgan fingerprint density at radius 3 is 2.38 bits per heavy atom. The normalized spacial score (nSPS) is 40.1. The van der Waals surface area contributed by atoms with Crippen molar-refractivity contribution in [3.63, 3.8) is 0 Å². The van der Waals surface area contributed by atoms with Gasteiger partial charge in [-0.05, 0) is 70.1 Å². The number of carbonyl (C=O) groups excluding carboxylic acids is 2. The van der Waals surface area contributed by atoms with Crippen LogP contribution in [-0.2, 0) is 19.1 Å². The van der Waals surface area contributed by atoms with E-state index in [-0.39, 0.29) is 31.0 Å². The fourth-order valence-corrected chi connectivity index (χ4v) is 5.17. The predicted octanol–water partition coefficient (Wildman–Crippen LogP) is 3.97. The van der Waals surface area contributed by atoms with Crippen molar-refractivity contribution in [1.82, 2.24) is 0 Å². The molecule has 4 N–H and O–H groups in total. The number of ether oxygens (including phenoxy) is 2. The molecule has 0 aromatic carbocycles. The summed E-state index contributed by atoms with van der Waals surface area (Å²) in [5, 5.41) is 41.3. The fraction of sp³-hybridized carbons (Fsp3) is 0.688. The first-order valence-electron chi connectivity index (χ1n) is 14.6. The zero-order valence-corrected chi connectivity index (χ0v) is 24.8. The molecule has 0 unspecified atom stereocenters. The Balaban J connectivity index is 2.13. The molecule has 2 heterocycles. The Morgan fingerprint density at radius 1 is 1.00 bits per heavy atom. The summed E-state index contributed by atoms with van der Waals surface area (Å²) in [5.74, 6) is -1.49. The van der Waals surface area contributed by atoms with Gasteiger partial charge in [-0.3, -0.25) is 4.79 Å². The molecule has 0 radical (unpaired) electrons. The summed E-state index contributed by atoms with van der Waals surface area (Å²) in [4.78, 5) is 25.1. The lowest BCUT2D eigenvalue weighted by Crippen LogP contribution is -2.41. The molecular weight excluding hydrogens is 512 g/mol. The molecule has 0 saturated carbocycles. The summed E-state index contributed by atoms with van der Waals surface area (Å²) < 4.78 is 11.2. The van der Waals surface area contributed by atoms with Gasteiger partial charge in [-0.1, -0.05) is 62.8 Å². The summed E-state index contributed by atoms with van der Waals surface area (Å²) in [6, 6.07) is 0. The van der Waals surface area contributed by atoms with E-state index in [1.165, 1.54) is 0 Å². The van der Waals surface area contributed by atoms with Crippen LogP contribution in [0.3, 0.4) is 0 Å². The molecule has 2 aliphatic rings. The van der Waals surface area contributed by atoms with Gasteiger partial charge in [-0.25, -0.2) is 4.79 Å². The van der Waals surface area contributed by atoms with Crippen LogP contribution in [0.15, 0.2) is 47.6 Å². The van der Waals surface area contributed by atoms with Gasteiger partial charge in [0.25, 0.3) is 0 Å². The van der Waals surface area contributed by atoms with Gasteiger partial charge in [0.2, 0.25) is 0 Å². The molecular formula is C32H50O8. The van der Waals surface area contributed by atoms with Crippen LogP contribution in [-0.4, -0.2) is 75.4 Å². The largest absolute Gasteiger partial charge is 0.457 e. The quantitative estimate of drug-likeness (QED) is 0.214. The van der Waals surface area contributed by atoms with E-state index in [1.54, 1.807) is 19.9 Å². The Labute approximate surface area is 239 Å². The van der Waals surface area contributed by atoms with E-state index < -0.39 is 48.7 Å². The van der Waals surface area contributed by atoms with Gasteiger partial charge in [0.1, 0.15) is 18.3 Å². The number of hydrogen-bond donors (Lipinski definition) is 4. The number of ketones is 1. The van der Waals surface area contributed by atoms with E-state index in [9.17, 15) is 30.0 Å². The maximum absolute atomic E-state index is 12.6. The first kappa shape index (κ1) is 34.1. The van der Waals surface area contributed by atoms with Gasteiger partial charge in [-0.15, -0.1) is 0 Å². The minimum absolute atomic E-state index is 0.00630. The number of esters is 1. The number of carbonyl (C=O) groups is 2. The molecule has 1 fully saturated rings. The molecule has 40 heavy (non-hydrogen) atoms. The van der Waals surface area contributed by atoms with Crippen LogP contribution < -0.4 is 0 Å². The molecule has 2 aliphatic heterocycles. The van der Waals surface area contributed by atoms with Crippen LogP contribution in [0.4, 0.5) is 0 Å². The molecule has 8 heteroatoms. The predicted molar refractivity (Wildman–Crippen MR) is 154 cm³/mol. The Kier molecular flexibility index (Phi) is 14.0.